The van der Waals surface area contributed by atoms with Crippen molar-refractivity contribution in [2.45, 2.75) is 13.3 Å². The largest absolute Gasteiger partial charge is 0.378 e. The van der Waals surface area contributed by atoms with Crippen molar-refractivity contribution in [2.24, 2.45) is 5.92 Å². The van der Waals surface area contributed by atoms with E-state index in [2.05, 4.69) is 51.8 Å². The fourth-order valence-corrected chi connectivity index (χ4v) is 4.85. The molecule has 0 aromatic heterocycles. The second kappa shape index (κ2) is 5.75. The minimum atomic E-state index is -0.462. The van der Waals surface area contributed by atoms with Gasteiger partial charge in [-0.25, -0.2) is 0 Å². The van der Waals surface area contributed by atoms with Gasteiger partial charge in [0, 0.05) is 49.9 Å². The summed E-state index contributed by atoms with van der Waals surface area (Å²) in [6.07, 6.45) is 5.38. The first-order valence-corrected chi connectivity index (χ1v) is 9.23. The molecule has 3 rings (SSSR count). The molecule has 4 heteroatoms. The molecule has 0 bridgehead atoms. The van der Waals surface area contributed by atoms with Crippen LogP contribution in [0, 0.1) is 5.92 Å². The van der Waals surface area contributed by atoms with Gasteiger partial charge in [0.05, 0.1) is 0 Å². The van der Waals surface area contributed by atoms with Gasteiger partial charge in [-0.1, -0.05) is 31.2 Å². The Balaban J connectivity index is 1.99. The van der Waals surface area contributed by atoms with Gasteiger partial charge < -0.3 is 4.90 Å². The van der Waals surface area contributed by atoms with Gasteiger partial charge in [-0.2, -0.15) is 0 Å². The van der Waals surface area contributed by atoms with Gasteiger partial charge in [-0.05, 0) is 35.6 Å². The van der Waals surface area contributed by atoms with Gasteiger partial charge in [0.25, 0.3) is 5.91 Å². The third-order valence-electron chi connectivity index (χ3n) is 3.78. The van der Waals surface area contributed by atoms with Crippen molar-refractivity contribution in [1.29, 1.82) is 0 Å². The summed E-state index contributed by atoms with van der Waals surface area (Å²) < 4.78 is 4.43. The van der Waals surface area contributed by atoms with Crippen LogP contribution in [0.15, 0.2) is 47.6 Å². The molecule has 1 aromatic carbocycles. The Kier molecular flexibility index (Phi) is 3.97. The van der Waals surface area contributed by atoms with Crippen LogP contribution in [0.4, 0.5) is 5.69 Å². The fraction of sp³-hybridized carbons (Fsp3) is 0.294. The van der Waals surface area contributed by atoms with E-state index in [1.807, 2.05) is 14.1 Å². The van der Waals surface area contributed by atoms with Crippen molar-refractivity contribution in [1.82, 2.24) is 3.53 Å². The van der Waals surface area contributed by atoms with E-state index in [9.17, 15) is 4.79 Å². The normalized spacial score (nSPS) is 21.2. The Labute approximate surface area is 135 Å². The summed E-state index contributed by atoms with van der Waals surface area (Å²) >= 11 is -0.462. The summed E-state index contributed by atoms with van der Waals surface area (Å²) in [4.78, 5) is 14.2. The van der Waals surface area contributed by atoms with E-state index in [-0.39, 0.29) is 5.91 Å². The molecule has 1 amide bonds. The molecule has 3 nitrogen and oxygen atoms in total. The Morgan fingerprint density at radius 2 is 1.90 bits per heavy atom. The second-order valence-corrected chi connectivity index (χ2v) is 7.84. The highest BCUT2D eigenvalue weighted by Crippen LogP contribution is 2.32. The summed E-state index contributed by atoms with van der Waals surface area (Å²) in [5.41, 5.74) is 4.47. The Hall–Kier alpha value is -1.43. The molecule has 0 saturated carbocycles. The van der Waals surface area contributed by atoms with Gasteiger partial charge in [-0.15, -0.1) is 0 Å². The number of hydrogen-bond donors (Lipinski definition) is 1. The van der Waals surface area contributed by atoms with Crippen LogP contribution in [0.1, 0.15) is 18.9 Å². The minimum Gasteiger partial charge on any atom is -0.378 e. The number of amides is 1. The molecule has 1 aliphatic carbocycles. The molecule has 2 aliphatic rings. The number of anilines is 1. The maximum absolute atomic E-state index is 12.1. The van der Waals surface area contributed by atoms with E-state index in [1.165, 1.54) is 20.3 Å². The van der Waals surface area contributed by atoms with Gasteiger partial charge in [0.15, 0.2) is 0 Å². The van der Waals surface area contributed by atoms with Gasteiger partial charge >= 0.3 is 0 Å². The van der Waals surface area contributed by atoms with Crippen LogP contribution in [0.3, 0.4) is 0 Å². The number of benzene rings is 1. The van der Waals surface area contributed by atoms with Crippen LogP contribution in [0.2, 0.25) is 0 Å². The number of nitrogens with zero attached hydrogens (tertiary/aromatic N) is 1. The Morgan fingerprint density at radius 1 is 1.19 bits per heavy atom. The molecule has 1 unspecified atom stereocenters. The van der Waals surface area contributed by atoms with Crippen LogP contribution in [0.25, 0.3) is 0 Å². The third kappa shape index (κ3) is 2.81. The van der Waals surface area contributed by atoms with E-state index >= 15 is 0 Å². The maximum Gasteiger partial charge on any atom is 0.259 e. The number of fused-ring (bicyclic) bond motifs is 1. The molecular weight excluding hydrogens is 375 g/mol. The molecular formula is C17H19IN2O. The average Bonchev–Trinajstić information content (AvgIpc) is 2.48. The number of carbonyl (C=O) groups excluding carboxylic acids is 1. The highest BCUT2D eigenvalue weighted by Gasteiger charge is 2.26. The predicted octanol–water partition coefficient (Wildman–Crippen LogP) is 3.18. The number of hydrogen-bond acceptors (Lipinski definition) is 2. The SMILES string of the molecule is CC1C=C2C(=O)NI=C(c3ccc(N(C)C)cc3)C2=CC1. The van der Waals surface area contributed by atoms with Gasteiger partial charge in [-0.3, -0.25) is 8.32 Å². The average molecular weight is 394 g/mol. The summed E-state index contributed by atoms with van der Waals surface area (Å²) in [5.74, 6) is 0.553. The topological polar surface area (TPSA) is 32.3 Å². The molecule has 21 heavy (non-hydrogen) atoms. The molecule has 0 radical (unpaired) electrons. The lowest BCUT2D eigenvalue weighted by Crippen LogP contribution is -2.28. The molecule has 0 fully saturated rings. The Morgan fingerprint density at radius 3 is 2.57 bits per heavy atom. The smallest absolute Gasteiger partial charge is 0.259 e. The van der Waals surface area contributed by atoms with Crippen LogP contribution >= 0.6 is 21.0 Å². The van der Waals surface area contributed by atoms with Crippen molar-refractivity contribution >= 4 is 36.1 Å². The molecule has 0 saturated heterocycles. The van der Waals surface area contributed by atoms with E-state index in [0.717, 1.165) is 12.0 Å². The van der Waals surface area contributed by atoms with Crippen LogP contribution in [-0.2, 0) is 4.79 Å². The molecule has 1 aliphatic heterocycles. The second-order valence-electron chi connectivity index (χ2n) is 5.68. The van der Waals surface area contributed by atoms with Crippen molar-refractivity contribution in [2.75, 3.05) is 19.0 Å². The minimum absolute atomic E-state index is 0.106. The van der Waals surface area contributed by atoms with Gasteiger partial charge in [0.2, 0.25) is 0 Å². The number of rotatable bonds is 2. The van der Waals surface area contributed by atoms with Crippen LogP contribution in [-0.4, -0.2) is 23.5 Å². The summed E-state index contributed by atoms with van der Waals surface area (Å²) in [6, 6.07) is 8.60. The van der Waals surface area contributed by atoms with Crippen LogP contribution in [0.5, 0.6) is 0 Å². The molecule has 1 heterocycles. The highest BCUT2D eigenvalue weighted by atomic mass is 127. The fourth-order valence-electron chi connectivity index (χ4n) is 2.57. The van der Waals surface area contributed by atoms with E-state index < -0.39 is 21.0 Å². The third-order valence-corrected chi connectivity index (χ3v) is 6.28. The van der Waals surface area contributed by atoms with Crippen LogP contribution < -0.4 is 8.43 Å². The summed E-state index contributed by atoms with van der Waals surface area (Å²) in [7, 11) is 4.09. The zero-order valence-corrected chi connectivity index (χ0v) is 14.6. The maximum atomic E-state index is 12.1. The van der Waals surface area contributed by atoms with E-state index in [1.54, 1.807) is 0 Å². The number of halogens is 1. The first-order chi connectivity index (χ1) is 10.1. The molecule has 1 atom stereocenters. The van der Waals surface area contributed by atoms with Crippen molar-refractivity contribution in [3.8, 4) is 0 Å². The lowest BCUT2D eigenvalue weighted by Gasteiger charge is -2.24. The standard InChI is InChI=1S/C17H19IN2O/c1-11-4-9-14-15(10-11)17(21)19-18-16(14)12-5-7-13(8-6-12)20(2)3/h5-11H,4H2,1-3H3,(H,19,21). The zero-order valence-electron chi connectivity index (χ0n) is 12.5. The lowest BCUT2D eigenvalue weighted by atomic mass is 9.87. The van der Waals surface area contributed by atoms with Crippen molar-refractivity contribution < 1.29 is 4.79 Å². The predicted molar refractivity (Wildman–Crippen MR) is 97.0 cm³/mol. The monoisotopic (exact) mass is 394 g/mol. The first-order valence-electron chi connectivity index (χ1n) is 7.08. The summed E-state index contributed by atoms with van der Waals surface area (Å²) in [5, 5.41) is 0. The molecule has 110 valence electrons. The van der Waals surface area contributed by atoms with Crippen molar-refractivity contribution in [3.63, 3.8) is 0 Å². The number of carbonyl (C=O) groups is 1. The molecule has 1 N–H and O–H groups in total. The lowest BCUT2D eigenvalue weighted by molar-refractivity contribution is -0.115. The molecule has 0 spiro atoms. The van der Waals surface area contributed by atoms with Gasteiger partial charge in [0.1, 0.15) is 0 Å². The molecule has 1 aromatic rings. The van der Waals surface area contributed by atoms with E-state index in [0.29, 0.717) is 5.92 Å². The quantitative estimate of drug-likeness (QED) is 0.618. The highest BCUT2D eigenvalue weighted by molar-refractivity contribution is 14.2. The van der Waals surface area contributed by atoms with Crippen molar-refractivity contribution in [3.05, 3.63) is 53.1 Å². The number of allylic oxidation sites excluding steroid dienone is 2. The first kappa shape index (κ1) is 14.5. The van der Waals surface area contributed by atoms with E-state index in [4.69, 9.17) is 0 Å². The Bertz CT molecular complexity index is 669. The zero-order chi connectivity index (χ0) is 15.0. The summed E-state index contributed by atoms with van der Waals surface area (Å²) in [6.45, 7) is 2.16. The number of nitrogens with one attached hydrogen (secondary N) is 1.